The number of fused-ring (bicyclic) bond motifs is 1. The number of carbonyl (C=O) groups is 2. The second-order valence-corrected chi connectivity index (χ2v) is 8.01. The Hall–Kier alpha value is -4.07. The number of alkyl halides is 3. The van der Waals surface area contributed by atoms with E-state index in [1.807, 2.05) is 12.1 Å². The van der Waals surface area contributed by atoms with Crippen molar-refractivity contribution >= 4 is 22.8 Å². The Kier molecular flexibility index (Phi) is 6.15. The third-order valence-electron chi connectivity index (χ3n) is 5.65. The van der Waals surface area contributed by atoms with Gasteiger partial charge >= 0.3 is 12.1 Å². The summed E-state index contributed by atoms with van der Waals surface area (Å²) in [5.41, 5.74) is 1.65. The molecule has 0 saturated carbocycles. The largest absolute Gasteiger partial charge is 0.478 e. The summed E-state index contributed by atoms with van der Waals surface area (Å²) in [5.74, 6) is -1.37. The van der Waals surface area contributed by atoms with Gasteiger partial charge in [0, 0.05) is 18.1 Å². The number of carbonyl (C=O) groups excluding carboxylic acids is 1. The number of carboxylic acid groups (broad SMARTS) is 1. The maximum Gasteiger partial charge on any atom is 0.416 e. The number of rotatable bonds is 6. The molecular weight excluding hydrogens is 445 g/mol. The molecule has 1 amide bonds. The summed E-state index contributed by atoms with van der Waals surface area (Å²) in [5, 5.41) is 12.8. The van der Waals surface area contributed by atoms with Gasteiger partial charge in [-0.1, -0.05) is 36.4 Å². The van der Waals surface area contributed by atoms with Crippen LogP contribution in [0, 0.1) is 0 Å². The van der Waals surface area contributed by atoms with Crippen molar-refractivity contribution in [2.24, 2.45) is 0 Å². The first-order chi connectivity index (χ1) is 16.1. The van der Waals surface area contributed by atoms with E-state index in [9.17, 15) is 22.8 Å². The number of hydrogen-bond donors (Lipinski definition) is 2. The highest BCUT2D eigenvalue weighted by Gasteiger charge is 2.30. The Balaban J connectivity index is 1.60. The van der Waals surface area contributed by atoms with Crippen molar-refractivity contribution in [2.75, 3.05) is 0 Å². The maximum atomic E-state index is 13.1. The van der Waals surface area contributed by atoms with Gasteiger partial charge in [-0.2, -0.15) is 13.2 Å². The molecule has 0 aliphatic rings. The Morgan fingerprint density at radius 1 is 1.00 bits per heavy atom. The van der Waals surface area contributed by atoms with Gasteiger partial charge in [0.05, 0.1) is 28.2 Å². The molecule has 4 aromatic rings. The third-order valence-corrected chi connectivity index (χ3v) is 5.65. The molecule has 4 rings (SSSR count). The zero-order valence-corrected chi connectivity index (χ0v) is 18.1. The van der Waals surface area contributed by atoms with Crippen LogP contribution in [0.15, 0.2) is 79.0 Å². The van der Waals surface area contributed by atoms with E-state index in [4.69, 9.17) is 5.11 Å². The van der Waals surface area contributed by atoms with Crippen molar-refractivity contribution in [3.05, 3.63) is 107 Å². The van der Waals surface area contributed by atoms with Gasteiger partial charge in [-0.15, -0.1) is 0 Å². The molecule has 0 bridgehead atoms. The third kappa shape index (κ3) is 4.80. The molecule has 1 atom stereocenters. The molecule has 0 aliphatic carbocycles. The van der Waals surface area contributed by atoms with Crippen LogP contribution in [-0.2, 0) is 12.7 Å². The van der Waals surface area contributed by atoms with Crippen LogP contribution in [0.2, 0.25) is 0 Å². The van der Waals surface area contributed by atoms with Crippen LogP contribution in [0.1, 0.15) is 50.4 Å². The van der Waals surface area contributed by atoms with E-state index in [1.165, 1.54) is 18.2 Å². The monoisotopic (exact) mass is 466 g/mol. The molecule has 8 heteroatoms. The van der Waals surface area contributed by atoms with E-state index >= 15 is 0 Å². The minimum Gasteiger partial charge on any atom is -0.478 e. The average Bonchev–Trinajstić information content (AvgIpc) is 3.21. The summed E-state index contributed by atoms with van der Waals surface area (Å²) >= 11 is 0. The van der Waals surface area contributed by atoms with Crippen molar-refractivity contribution in [2.45, 2.75) is 25.7 Å². The molecule has 0 saturated heterocycles. The number of nitrogens with one attached hydrogen (secondary N) is 1. The number of carboxylic acids is 1. The fourth-order valence-corrected chi connectivity index (χ4v) is 3.89. The average molecular weight is 466 g/mol. The number of hydrogen-bond acceptors (Lipinski definition) is 2. The van der Waals surface area contributed by atoms with Crippen molar-refractivity contribution in [1.82, 2.24) is 9.88 Å². The first-order valence-electron chi connectivity index (χ1n) is 10.5. The number of halogens is 3. The van der Waals surface area contributed by atoms with Crippen molar-refractivity contribution in [1.29, 1.82) is 0 Å². The van der Waals surface area contributed by atoms with Crippen LogP contribution in [0.4, 0.5) is 13.2 Å². The van der Waals surface area contributed by atoms with Crippen molar-refractivity contribution in [3.63, 3.8) is 0 Å². The van der Waals surface area contributed by atoms with Crippen molar-refractivity contribution in [3.8, 4) is 0 Å². The van der Waals surface area contributed by atoms with Gasteiger partial charge in [0.1, 0.15) is 0 Å². The predicted molar refractivity (Wildman–Crippen MR) is 122 cm³/mol. The second kappa shape index (κ2) is 9.05. The molecule has 5 nitrogen and oxygen atoms in total. The van der Waals surface area contributed by atoms with E-state index in [1.54, 1.807) is 48.0 Å². The van der Waals surface area contributed by atoms with Crippen LogP contribution in [0.5, 0.6) is 0 Å². The minimum absolute atomic E-state index is 0.152. The highest BCUT2D eigenvalue weighted by Crippen LogP contribution is 2.30. The Bertz CT molecular complexity index is 1360. The van der Waals surface area contributed by atoms with Gasteiger partial charge in [0.2, 0.25) is 0 Å². The smallest absolute Gasteiger partial charge is 0.416 e. The Morgan fingerprint density at radius 3 is 2.38 bits per heavy atom. The highest BCUT2D eigenvalue weighted by molar-refractivity contribution is 6.06. The molecule has 3 aromatic carbocycles. The standard InChI is InChI=1S/C26H21F3N2O3/c1-16(18-8-10-20(11-9-18)25(33)34)30-24(32)22-7-3-5-19-12-13-31(23(19)22)15-17-4-2-6-21(14-17)26(27,28)29/h2-14,16H,15H2,1H3,(H,30,32)(H,33,34). The topological polar surface area (TPSA) is 71.3 Å². The summed E-state index contributed by atoms with van der Waals surface area (Å²) < 4.78 is 41.1. The first kappa shape index (κ1) is 23.1. The summed E-state index contributed by atoms with van der Waals surface area (Å²) in [7, 11) is 0. The predicted octanol–water partition coefficient (Wildman–Crippen LogP) is 5.90. The van der Waals surface area contributed by atoms with Crippen LogP contribution in [-0.4, -0.2) is 21.6 Å². The highest BCUT2D eigenvalue weighted by atomic mass is 19.4. The molecule has 1 aromatic heterocycles. The Morgan fingerprint density at radius 2 is 1.71 bits per heavy atom. The number of benzene rings is 3. The fraction of sp³-hybridized carbons (Fsp3) is 0.154. The number of aromatic carboxylic acids is 1. The number of aromatic nitrogens is 1. The lowest BCUT2D eigenvalue weighted by Crippen LogP contribution is -2.27. The van der Waals surface area contributed by atoms with E-state index in [0.717, 1.165) is 23.1 Å². The summed E-state index contributed by atoms with van der Waals surface area (Å²) in [6, 6.07) is 18.0. The van der Waals surface area contributed by atoms with E-state index in [-0.39, 0.29) is 18.0 Å². The van der Waals surface area contributed by atoms with Crippen molar-refractivity contribution < 1.29 is 27.9 Å². The van der Waals surface area contributed by atoms with Crippen LogP contribution >= 0.6 is 0 Å². The lowest BCUT2D eigenvalue weighted by Gasteiger charge is -2.16. The molecule has 1 unspecified atom stereocenters. The lowest BCUT2D eigenvalue weighted by atomic mass is 10.0. The SMILES string of the molecule is CC(NC(=O)c1cccc2ccn(Cc3cccc(C(F)(F)F)c3)c12)c1ccc(C(=O)O)cc1. The van der Waals surface area contributed by atoms with Gasteiger partial charge in [-0.3, -0.25) is 4.79 Å². The summed E-state index contributed by atoms with van der Waals surface area (Å²) in [6.45, 7) is 1.96. The molecule has 1 heterocycles. The second-order valence-electron chi connectivity index (χ2n) is 8.01. The Labute approximate surface area is 193 Å². The first-order valence-corrected chi connectivity index (χ1v) is 10.5. The molecule has 0 aliphatic heterocycles. The quantitative estimate of drug-likeness (QED) is 0.372. The van der Waals surface area contributed by atoms with Gasteiger partial charge in [-0.05, 0) is 54.4 Å². The number of amides is 1. The van der Waals surface area contributed by atoms with Crippen LogP contribution in [0.25, 0.3) is 10.9 Å². The van der Waals surface area contributed by atoms with Gasteiger partial charge < -0.3 is 15.0 Å². The number of para-hydroxylation sites is 1. The van der Waals surface area contributed by atoms with E-state index in [2.05, 4.69) is 5.32 Å². The zero-order valence-electron chi connectivity index (χ0n) is 18.1. The lowest BCUT2D eigenvalue weighted by molar-refractivity contribution is -0.137. The molecule has 34 heavy (non-hydrogen) atoms. The minimum atomic E-state index is -4.43. The van der Waals surface area contributed by atoms with E-state index < -0.39 is 23.8 Å². The van der Waals surface area contributed by atoms with Crippen LogP contribution in [0.3, 0.4) is 0 Å². The fourth-order valence-electron chi connectivity index (χ4n) is 3.89. The summed E-state index contributed by atoms with van der Waals surface area (Å²) in [4.78, 5) is 24.2. The van der Waals surface area contributed by atoms with Gasteiger partial charge in [-0.25, -0.2) is 4.79 Å². The molecule has 174 valence electrons. The zero-order chi connectivity index (χ0) is 24.5. The van der Waals surface area contributed by atoms with E-state index in [0.29, 0.717) is 16.6 Å². The normalized spacial score (nSPS) is 12.5. The van der Waals surface area contributed by atoms with Crippen LogP contribution < -0.4 is 5.32 Å². The molecule has 0 radical (unpaired) electrons. The molecule has 0 spiro atoms. The van der Waals surface area contributed by atoms with Gasteiger partial charge in [0.25, 0.3) is 5.91 Å². The molecule has 0 fully saturated rings. The maximum absolute atomic E-state index is 13.1. The molecule has 2 N–H and O–H groups in total. The number of nitrogens with zero attached hydrogens (tertiary/aromatic N) is 1. The molecular formula is C26H21F3N2O3. The summed E-state index contributed by atoms with van der Waals surface area (Å²) in [6.07, 6.45) is -2.69. The van der Waals surface area contributed by atoms with Gasteiger partial charge in [0.15, 0.2) is 0 Å².